The van der Waals surface area contributed by atoms with Crippen molar-refractivity contribution in [2.24, 2.45) is 0 Å². The number of aldehydes is 1. The molecular formula is C15H23NO. The third-order valence-corrected chi connectivity index (χ3v) is 2.92. The van der Waals surface area contributed by atoms with Gasteiger partial charge in [-0.15, -0.1) is 0 Å². The molecule has 2 nitrogen and oxygen atoms in total. The van der Waals surface area contributed by atoms with Crippen molar-refractivity contribution < 1.29 is 4.79 Å². The first-order valence-corrected chi connectivity index (χ1v) is 6.50. The molecule has 2 heteroatoms. The zero-order valence-electron chi connectivity index (χ0n) is 10.9. The number of hydrogen-bond acceptors (Lipinski definition) is 2. The number of benzene rings is 1. The van der Waals surface area contributed by atoms with Crippen LogP contribution in [0.4, 0.5) is 0 Å². The lowest BCUT2D eigenvalue weighted by atomic mass is 10.0. The Morgan fingerprint density at radius 2 is 1.88 bits per heavy atom. The van der Waals surface area contributed by atoms with E-state index in [1.54, 1.807) is 0 Å². The molecule has 1 fully saturated rings. The molecule has 1 aromatic rings. The van der Waals surface area contributed by atoms with Gasteiger partial charge in [-0.2, -0.15) is 0 Å². The summed E-state index contributed by atoms with van der Waals surface area (Å²) < 4.78 is 0. The van der Waals surface area contributed by atoms with Crippen molar-refractivity contribution in [3.8, 4) is 0 Å². The van der Waals surface area contributed by atoms with Crippen molar-refractivity contribution >= 4 is 6.29 Å². The fourth-order valence-corrected chi connectivity index (χ4v) is 1.79. The Morgan fingerprint density at radius 1 is 1.18 bits per heavy atom. The standard InChI is InChI=1S/C10H12O.C5H11N/c1-8(2)10-5-3-4-9(6-10)7-11;1-2-4-6-5-3-1/h3-8H,1-2H3;6H,1-5H2. The minimum atomic E-state index is 0.495. The molecule has 0 aliphatic carbocycles. The van der Waals surface area contributed by atoms with Gasteiger partial charge in [0.2, 0.25) is 0 Å². The highest BCUT2D eigenvalue weighted by Gasteiger charge is 1.98. The lowest BCUT2D eigenvalue weighted by Gasteiger charge is -2.08. The lowest BCUT2D eigenvalue weighted by Crippen LogP contribution is -2.21. The van der Waals surface area contributed by atoms with Gasteiger partial charge in [0, 0.05) is 5.56 Å². The number of carbonyl (C=O) groups excluding carboxylic acids is 1. The van der Waals surface area contributed by atoms with Crippen molar-refractivity contribution in [1.29, 1.82) is 0 Å². The Morgan fingerprint density at radius 3 is 2.29 bits per heavy atom. The van der Waals surface area contributed by atoms with E-state index in [4.69, 9.17) is 0 Å². The molecule has 1 aliphatic heterocycles. The van der Waals surface area contributed by atoms with Crippen LogP contribution in [-0.2, 0) is 0 Å². The largest absolute Gasteiger partial charge is 0.317 e. The number of hydrogen-bond donors (Lipinski definition) is 1. The molecule has 1 N–H and O–H groups in total. The first-order valence-electron chi connectivity index (χ1n) is 6.50. The van der Waals surface area contributed by atoms with Crippen LogP contribution < -0.4 is 5.32 Å². The Balaban J connectivity index is 0.000000202. The summed E-state index contributed by atoms with van der Waals surface area (Å²) in [5.74, 6) is 0.495. The smallest absolute Gasteiger partial charge is 0.150 e. The second-order valence-corrected chi connectivity index (χ2v) is 4.75. The van der Waals surface area contributed by atoms with Crippen molar-refractivity contribution in [2.75, 3.05) is 13.1 Å². The highest BCUT2D eigenvalue weighted by atomic mass is 16.1. The van der Waals surface area contributed by atoms with Crippen LogP contribution in [0.2, 0.25) is 0 Å². The van der Waals surface area contributed by atoms with Gasteiger partial charge in [0.1, 0.15) is 6.29 Å². The first-order chi connectivity index (χ1) is 8.24. The molecular weight excluding hydrogens is 210 g/mol. The minimum absolute atomic E-state index is 0.495. The first kappa shape index (κ1) is 13.9. The van der Waals surface area contributed by atoms with Gasteiger partial charge in [-0.1, -0.05) is 38.5 Å². The Labute approximate surface area is 104 Å². The maximum atomic E-state index is 10.4. The van der Waals surface area contributed by atoms with E-state index in [1.807, 2.05) is 24.3 Å². The van der Waals surface area contributed by atoms with Crippen LogP contribution in [0.3, 0.4) is 0 Å². The summed E-state index contributed by atoms with van der Waals surface area (Å²) >= 11 is 0. The SMILES string of the molecule is C1CCNCC1.CC(C)c1cccc(C=O)c1. The van der Waals surface area contributed by atoms with E-state index in [0.717, 1.165) is 11.8 Å². The van der Waals surface area contributed by atoms with Crippen LogP contribution in [0.1, 0.15) is 54.9 Å². The number of rotatable bonds is 2. The summed E-state index contributed by atoms with van der Waals surface area (Å²) in [6.07, 6.45) is 5.10. The number of carbonyl (C=O) groups is 1. The average Bonchev–Trinajstić information content (AvgIpc) is 2.41. The van der Waals surface area contributed by atoms with Crippen molar-refractivity contribution in [1.82, 2.24) is 5.32 Å². The summed E-state index contributed by atoms with van der Waals surface area (Å²) in [5, 5.41) is 3.28. The van der Waals surface area contributed by atoms with Gasteiger partial charge in [-0.3, -0.25) is 4.79 Å². The van der Waals surface area contributed by atoms with Crippen LogP contribution in [-0.4, -0.2) is 19.4 Å². The van der Waals surface area contributed by atoms with E-state index in [9.17, 15) is 4.79 Å². The van der Waals surface area contributed by atoms with Gasteiger partial charge >= 0.3 is 0 Å². The maximum absolute atomic E-state index is 10.4. The topological polar surface area (TPSA) is 29.1 Å². The molecule has 1 heterocycles. The maximum Gasteiger partial charge on any atom is 0.150 e. The van der Waals surface area contributed by atoms with Crippen LogP contribution in [0, 0.1) is 0 Å². The minimum Gasteiger partial charge on any atom is -0.317 e. The van der Waals surface area contributed by atoms with E-state index >= 15 is 0 Å². The van der Waals surface area contributed by atoms with Gasteiger partial charge in [0.15, 0.2) is 0 Å². The summed E-state index contributed by atoms with van der Waals surface area (Å²) in [6, 6.07) is 7.70. The summed E-state index contributed by atoms with van der Waals surface area (Å²) in [6.45, 7) is 6.73. The molecule has 1 aromatic carbocycles. The molecule has 0 saturated carbocycles. The zero-order chi connectivity index (χ0) is 12.5. The summed E-state index contributed by atoms with van der Waals surface area (Å²) in [4.78, 5) is 10.4. The number of piperidine rings is 1. The molecule has 0 bridgehead atoms. The van der Waals surface area contributed by atoms with E-state index in [1.165, 1.54) is 37.9 Å². The predicted molar refractivity (Wildman–Crippen MR) is 72.6 cm³/mol. The molecule has 0 atom stereocenters. The molecule has 0 spiro atoms. The van der Waals surface area contributed by atoms with E-state index < -0.39 is 0 Å². The van der Waals surface area contributed by atoms with Gasteiger partial charge in [0.25, 0.3) is 0 Å². The molecule has 1 aliphatic rings. The molecule has 0 amide bonds. The highest BCUT2D eigenvalue weighted by molar-refractivity contribution is 5.74. The van der Waals surface area contributed by atoms with Gasteiger partial charge in [-0.05, 0) is 43.5 Å². The molecule has 0 radical (unpaired) electrons. The predicted octanol–water partition coefficient (Wildman–Crippen LogP) is 3.38. The van der Waals surface area contributed by atoms with Crippen molar-refractivity contribution in [2.45, 2.75) is 39.0 Å². The molecule has 94 valence electrons. The highest BCUT2D eigenvalue weighted by Crippen LogP contribution is 2.14. The monoisotopic (exact) mass is 233 g/mol. The van der Waals surface area contributed by atoms with Gasteiger partial charge in [-0.25, -0.2) is 0 Å². The van der Waals surface area contributed by atoms with Crippen LogP contribution >= 0.6 is 0 Å². The van der Waals surface area contributed by atoms with Gasteiger partial charge in [0.05, 0.1) is 0 Å². The summed E-state index contributed by atoms with van der Waals surface area (Å²) in [5.41, 5.74) is 1.98. The second-order valence-electron chi connectivity index (χ2n) is 4.75. The van der Waals surface area contributed by atoms with E-state index in [-0.39, 0.29) is 0 Å². The molecule has 0 aromatic heterocycles. The summed E-state index contributed by atoms with van der Waals surface area (Å²) in [7, 11) is 0. The lowest BCUT2D eigenvalue weighted by molar-refractivity contribution is 0.112. The zero-order valence-corrected chi connectivity index (χ0v) is 10.9. The van der Waals surface area contributed by atoms with Crippen LogP contribution in [0.25, 0.3) is 0 Å². The third-order valence-electron chi connectivity index (χ3n) is 2.92. The van der Waals surface area contributed by atoms with E-state index in [2.05, 4.69) is 19.2 Å². The van der Waals surface area contributed by atoms with Crippen LogP contribution in [0.5, 0.6) is 0 Å². The second kappa shape index (κ2) is 8.02. The van der Waals surface area contributed by atoms with Crippen molar-refractivity contribution in [3.63, 3.8) is 0 Å². The molecule has 2 rings (SSSR count). The normalized spacial score (nSPS) is 15.0. The van der Waals surface area contributed by atoms with Crippen molar-refractivity contribution in [3.05, 3.63) is 35.4 Å². The molecule has 1 saturated heterocycles. The molecule has 0 unspecified atom stereocenters. The van der Waals surface area contributed by atoms with Crippen LogP contribution in [0.15, 0.2) is 24.3 Å². The fraction of sp³-hybridized carbons (Fsp3) is 0.533. The fourth-order valence-electron chi connectivity index (χ4n) is 1.79. The Hall–Kier alpha value is -1.15. The molecule has 17 heavy (non-hydrogen) atoms. The van der Waals surface area contributed by atoms with Gasteiger partial charge < -0.3 is 5.32 Å². The average molecular weight is 233 g/mol. The van der Waals surface area contributed by atoms with E-state index in [0.29, 0.717) is 5.92 Å². The Bertz CT molecular complexity index is 318. The third kappa shape index (κ3) is 5.64. The quantitative estimate of drug-likeness (QED) is 0.793. The Kier molecular flexibility index (Phi) is 6.56. The number of nitrogens with one attached hydrogen (secondary N) is 1.